The molecule has 0 amide bonds. The summed E-state index contributed by atoms with van der Waals surface area (Å²) in [4.78, 5) is 10.5. The normalized spacial score (nSPS) is 9.25. The third-order valence-corrected chi connectivity index (χ3v) is 1.05. The summed E-state index contributed by atoms with van der Waals surface area (Å²) in [5.74, 6) is 0.333. The fraction of sp³-hybridized carbons (Fsp3) is 0.833. The number of Topliss-reactive ketones (excluding diaryl/α,β-unsaturated/α-hetero) is 1. The van der Waals surface area contributed by atoms with Crippen molar-refractivity contribution in [3.8, 4) is 0 Å². The smallest absolute Gasteiger partial charge is 0.133 e. The standard InChI is InChI=1S/C6H13NO/c1-3-6(8)4-5-7-2/h7H,3-5H2,1-2H3. The van der Waals surface area contributed by atoms with Gasteiger partial charge in [-0.15, -0.1) is 0 Å². The molecule has 48 valence electrons. The van der Waals surface area contributed by atoms with Gasteiger partial charge in [-0.05, 0) is 7.05 Å². The highest BCUT2D eigenvalue weighted by Crippen LogP contribution is 1.84. The SMILES string of the molecule is CCC(=O)CCNC. The molecule has 0 saturated heterocycles. The van der Waals surface area contributed by atoms with Crippen LogP contribution in [-0.4, -0.2) is 19.4 Å². The molecule has 0 aromatic carbocycles. The van der Waals surface area contributed by atoms with Gasteiger partial charge in [0, 0.05) is 19.4 Å². The fourth-order valence-corrected chi connectivity index (χ4v) is 0.441. The molecule has 0 aliphatic heterocycles. The van der Waals surface area contributed by atoms with E-state index >= 15 is 0 Å². The maximum atomic E-state index is 10.5. The Hall–Kier alpha value is -0.370. The summed E-state index contributed by atoms with van der Waals surface area (Å²) >= 11 is 0. The average Bonchev–Trinajstić information content (AvgIpc) is 1.83. The van der Waals surface area contributed by atoms with E-state index in [0.717, 1.165) is 6.54 Å². The van der Waals surface area contributed by atoms with Crippen molar-refractivity contribution < 1.29 is 4.79 Å². The lowest BCUT2D eigenvalue weighted by Gasteiger charge is -1.93. The monoisotopic (exact) mass is 115 g/mol. The van der Waals surface area contributed by atoms with Crippen LogP contribution in [0.25, 0.3) is 0 Å². The van der Waals surface area contributed by atoms with E-state index < -0.39 is 0 Å². The van der Waals surface area contributed by atoms with Crippen molar-refractivity contribution in [2.45, 2.75) is 19.8 Å². The highest BCUT2D eigenvalue weighted by atomic mass is 16.1. The van der Waals surface area contributed by atoms with Crippen LogP contribution in [0.4, 0.5) is 0 Å². The Kier molecular flexibility index (Phi) is 4.56. The Morgan fingerprint density at radius 3 is 2.62 bits per heavy atom. The van der Waals surface area contributed by atoms with Gasteiger partial charge in [-0.1, -0.05) is 6.92 Å². The summed E-state index contributed by atoms with van der Waals surface area (Å²) in [6.45, 7) is 2.70. The van der Waals surface area contributed by atoms with Gasteiger partial charge in [0.25, 0.3) is 0 Å². The molecule has 2 heteroatoms. The molecule has 0 heterocycles. The van der Waals surface area contributed by atoms with Gasteiger partial charge in [0.2, 0.25) is 0 Å². The van der Waals surface area contributed by atoms with Gasteiger partial charge in [-0.3, -0.25) is 4.79 Å². The highest BCUT2D eigenvalue weighted by Gasteiger charge is 1.93. The molecule has 0 rings (SSSR count). The molecule has 0 radical (unpaired) electrons. The van der Waals surface area contributed by atoms with Crippen LogP contribution in [0.15, 0.2) is 0 Å². The van der Waals surface area contributed by atoms with Crippen molar-refractivity contribution >= 4 is 5.78 Å². The predicted molar refractivity (Wildman–Crippen MR) is 33.8 cm³/mol. The molecule has 0 aromatic rings. The first-order valence-corrected chi connectivity index (χ1v) is 2.97. The Morgan fingerprint density at radius 1 is 1.62 bits per heavy atom. The Morgan fingerprint density at radius 2 is 2.25 bits per heavy atom. The summed E-state index contributed by atoms with van der Waals surface area (Å²) in [6, 6.07) is 0. The van der Waals surface area contributed by atoms with Crippen molar-refractivity contribution in [1.82, 2.24) is 5.32 Å². The molecule has 0 atom stereocenters. The van der Waals surface area contributed by atoms with Crippen LogP contribution < -0.4 is 5.32 Å². The van der Waals surface area contributed by atoms with Crippen molar-refractivity contribution in [1.29, 1.82) is 0 Å². The molecular weight excluding hydrogens is 102 g/mol. The average molecular weight is 115 g/mol. The molecule has 0 aliphatic carbocycles. The van der Waals surface area contributed by atoms with Gasteiger partial charge in [-0.2, -0.15) is 0 Å². The topological polar surface area (TPSA) is 29.1 Å². The minimum atomic E-state index is 0.333. The predicted octanol–water partition coefficient (Wildman–Crippen LogP) is 0.575. The van der Waals surface area contributed by atoms with Crippen molar-refractivity contribution in [3.63, 3.8) is 0 Å². The molecule has 0 saturated carbocycles. The van der Waals surface area contributed by atoms with Gasteiger partial charge >= 0.3 is 0 Å². The lowest BCUT2D eigenvalue weighted by atomic mass is 10.2. The number of rotatable bonds is 4. The maximum absolute atomic E-state index is 10.5. The summed E-state index contributed by atoms with van der Waals surface area (Å²) in [6.07, 6.45) is 1.34. The molecule has 8 heavy (non-hydrogen) atoms. The number of hydrogen-bond acceptors (Lipinski definition) is 2. The number of nitrogens with one attached hydrogen (secondary N) is 1. The lowest BCUT2D eigenvalue weighted by molar-refractivity contribution is -0.118. The Bertz CT molecular complexity index is 70.9. The molecule has 1 N–H and O–H groups in total. The molecule has 0 aromatic heterocycles. The second-order valence-corrected chi connectivity index (χ2v) is 1.75. The molecular formula is C6H13NO. The minimum absolute atomic E-state index is 0.333. The van der Waals surface area contributed by atoms with E-state index in [9.17, 15) is 4.79 Å². The quantitative estimate of drug-likeness (QED) is 0.580. The van der Waals surface area contributed by atoms with Crippen LogP contribution in [0.5, 0.6) is 0 Å². The van der Waals surface area contributed by atoms with Crippen LogP contribution in [0, 0.1) is 0 Å². The zero-order valence-corrected chi connectivity index (χ0v) is 5.53. The summed E-state index contributed by atoms with van der Waals surface area (Å²) in [5.41, 5.74) is 0. The van der Waals surface area contributed by atoms with E-state index in [2.05, 4.69) is 5.32 Å². The van der Waals surface area contributed by atoms with Crippen molar-refractivity contribution in [3.05, 3.63) is 0 Å². The third kappa shape index (κ3) is 3.81. The van der Waals surface area contributed by atoms with E-state index in [-0.39, 0.29) is 0 Å². The van der Waals surface area contributed by atoms with E-state index in [0.29, 0.717) is 18.6 Å². The first-order chi connectivity index (χ1) is 3.81. The largest absolute Gasteiger partial charge is 0.319 e. The maximum Gasteiger partial charge on any atom is 0.133 e. The van der Waals surface area contributed by atoms with Crippen LogP contribution in [-0.2, 0) is 4.79 Å². The summed E-state index contributed by atoms with van der Waals surface area (Å²) in [5, 5.41) is 2.91. The van der Waals surface area contributed by atoms with E-state index in [1.165, 1.54) is 0 Å². The van der Waals surface area contributed by atoms with Gasteiger partial charge in [0.1, 0.15) is 5.78 Å². The lowest BCUT2D eigenvalue weighted by Crippen LogP contribution is -2.11. The molecule has 0 aliphatic rings. The Labute approximate surface area is 50.3 Å². The zero-order valence-electron chi connectivity index (χ0n) is 5.53. The van der Waals surface area contributed by atoms with Crippen molar-refractivity contribution in [2.75, 3.05) is 13.6 Å². The van der Waals surface area contributed by atoms with Gasteiger partial charge < -0.3 is 5.32 Å². The molecule has 2 nitrogen and oxygen atoms in total. The highest BCUT2D eigenvalue weighted by molar-refractivity contribution is 5.78. The summed E-state index contributed by atoms with van der Waals surface area (Å²) < 4.78 is 0. The first kappa shape index (κ1) is 7.63. The van der Waals surface area contributed by atoms with Crippen LogP contribution in [0.3, 0.4) is 0 Å². The number of carbonyl (C=O) groups is 1. The third-order valence-electron chi connectivity index (χ3n) is 1.05. The minimum Gasteiger partial charge on any atom is -0.319 e. The second-order valence-electron chi connectivity index (χ2n) is 1.75. The van der Waals surface area contributed by atoms with E-state index in [1.807, 2.05) is 14.0 Å². The first-order valence-electron chi connectivity index (χ1n) is 2.97. The van der Waals surface area contributed by atoms with E-state index in [4.69, 9.17) is 0 Å². The van der Waals surface area contributed by atoms with Crippen LogP contribution >= 0.6 is 0 Å². The van der Waals surface area contributed by atoms with Gasteiger partial charge in [-0.25, -0.2) is 0 Å². The number of ketones is 1. The number of carbonyl (C=O) groups excluding carboxylic acids is 1. The molecule has 0 fully saturated rings. The van der Waals surface area contributed by atoms with E-state index in [1.54, 1.807) is 0 Å². The van der Waals surface area contributed by atoms with Gasteiger partial charge in [0.05, 0.1) is 0 Å². The van der Waals surface area contributed by atoms with Crippen molar-refractivity contribution in [2.24, 2.45) is 0 Å². The molecule has 0 spiro atoms. The molecule has 0 unspecified atom stereocenters. The molecule has 0 bridgehead atoms. The van der Waals surface area contributed by atoms with Crippen LogP contribution in [0.1, 0.15) is 19.8 Å². The summed E-state index contributed by atoms with van der Waals surface area (Å²) in [7, 11) is 1.85. The van der Waals surface area contributed by atoms with Crippen LogP contribution in [0.2, 0.25) is 0 Å². The fourth-order valence-electron chi connectivity index (χ4n) is 0.441. The zero-order chi connectivity index (χ0) is 6.41. The second kappa shape index (κ2) is 4.78. The Balaban J connectivity index is 2.99. The van der Waals surface area contributed by atoms with Gasteiger partial charge in [0.15, 0.2) is 0 Å². The number of hydrogen-bond donors (Lipinski definition) is 1.